The minimum atomic E-state index is -0.248. The molecule has 0 amide bonds. The number of thiol groups is 1. The zero-order valence-electron chi connectivity index (χ0n) is 18.1. The Morgan fingerprint density at radius 3 is 2.33 bits per heavy atom. The van der Waals surface area contributed by atoms with E-state index in [9.17, 15) is 4.79 Å². The highest BCUT2D eigenvalue weighted by Gasteiger charge is 2.17. The molecule has 10 heteroatoms. The van der Waals surface area contributed by atoms with Crippen LogP contribution in [0.3, 0.4) is 0 Å². The molecular formula is C23H24N8OS. The number of rotatable bonds is 5. The molecule has 4 aromatic rings. The van der Waals surface area contributed by atoms with Gasteiger partial charge in [-0.05, 0) is 43.3 Å². The lowest BCUT2D eigenvalue weighted by Gasteiger charge is -2.33. The maximum atomic E-state index is 12.9. The Kier molecular flexibility index (Phi) is 5.84. The Labute approximate surface area is 196 Å². The summed E-state index contributed by atoms with van der Waals surface area (Å²) in [6.07, 6.45) is 1.49. The molecule has 0 aliphatic carbocycles. The van der Waals surface area contributed by atoms with Crippen molar-refractivity contribution in [3.8, 4) is 17.2 Å². The van der Waals surface area contributed by atoms with E-state index in [1.54, 1.807) is 0 Å². The van der Waals surface area contributed by atoms with Crippen molar-refractivity contribution in [3.63, 3.8) is 0 Å². The molecule has 0 unspecified atom stereocenters. The molecule has 0 saturated carbocycles. The standard InChI is InChI=1S/C23H24N8OS/c1-16-2-6-19(7-3-16)31-21(32)14-20(22(28-31)23-24-15-25-27-23)26-17-4-8-18(9-5-17)29-10-12-30(33)13-11-29/h2-9,14-15,26,33H,10-13H2,1H3,(H,24,25,27). The van der Waals surface area contributed by atoms with Crippen LogP contribution in [0.1, 0.15) is 5.56 Å². The molecule has 2 N–H and O–H groups in total. The fourth-order valence-corrected chi connectivity index (χ4v) is 3.95. The third-order valence-corrected chi connectivity index (χ3v) is 6.00. The predicted molar refractivity (Wildman–Crippen MR) is 132 cm³/mol. The number of nitrogens with one attached hydrogen (secondary N) is 2. The van der Waals surface area contributed by atoms with Gasteiger partial charge in [-0.3, -0.25) is 9.89 Å². The van der Waals surface area contributed by atoms with E-state index in [-0.39, 0.29) is 5.56 Å². The van der Waals surface area contributed by atoms with Gasteiger partial charge in [0, 0.05) is 43.6 Å². The van der Waals surface area contributed by atoms with Gasteiger partial charge < -0.3 is 10.2 Å². The quantitative estimate of drug-likeness (QED) is 0.394. The van der Waals surface area contributed by atoms with Crippen molar-refractivity contribution < 1.29 is 0 Å². The normalized spacial score (nSPS) is 14.4. The van der Waals surface area contributed by atoms with E-state index in [4.69, 9.17) is 0 Å². The largest absolute Gasteiger partial charge is 0.369 e. The van der Waals surface area contributed by atoms with Crippen LogP contribution in [0.5, 0.6) is 0 Å². The SMILES string of the molecule is Cc1ccc(-n2nc(-c3nc[nH]n3)c(Nc3ccc(N4CCN(S)CC4)cc3)cc2=O)cc1. The smallest absolute Gasteiger partial charge is 0.273 e. The molecule has 2 aromatic carbocycles. The fourth-order valence-electron chi connectivity index (χ4n) is 3.78. The first-order valence-corrected chi connectivity index (χ1v) is 11.1. The first-order chi connectivity index (χ1) is 16.1. The van der Waals surface area contributed by atoms with E-state index in [1.165, 1.54) is 17.1 Å². The fraction of sp³-hybridized carbons (Fsp3) is 0.217. The van der Waals surface area contributed by atoms with Crippen molar-refractivity contribution >= 4 is 29.9 Å². The molecule has 1 aliphatic rings. The maximum absolute atomic E-state index is 12.9. The first-order valence-electron chi connectivity index (χ1n) is 10.7. The zero-order chi connectivity index (χ0) is 22.8. The molecule has 1 saturated heterocycles. The van der Waals surface area contributed by atoms with Gasteiger partial charge in [-0.2, -0.15) is 14.9 Å². The first kappa shape index (κ1) is 21.2. The van der Waals surface area contributed by atoms with Gasteiger partial charge in [-0.1, -0.05) is 30.5 Å². The lowest BCUT2D eigenvalue weighted by Crippen LogP contribution is -2.42. The minimum absolute atomic E-state index is 0.248. The van der Waals surface area contributed by atoms with Crippen LogP contribution in [0.4, 0.5) is 17.1 Å². The lowest BCUT2D eigenvalue weighted by atomic mass is 10.2. The van der Waals surface area contributed by atoms with E-state index in [2.05, 4.69) is 55.4 Å². The number of anilines is 3. The highest BCUT2D eigenvalue weighted by Crippen LogP contribution is 2.27. The van der Waals surface area contributed by atoms with Crippen LogP contribution in [0.2, 0.25) is 0 Å². The molecule has 3 heterocycles. The topological polar surface area (TPSA) is 95.0 Å². The summed E-state index contributed by atoms with van der Waals surface area (Å²) >= 11 is 4.42. The third kappa shape index (κ3) is 4.62. The van der Waals surface area contributed by atoms with Gasteiger partial charge in [-0.25, -0.2) is 9.29 Å². The Balaban J connectivity index is 1.46. The van der Waals surface area contributed by atoms with E-state index in [1.807, 2.05) is 47.6 Å². The molecule has 9 nitrogen and oxygen atoms in total. The molecule has 0 atom stereocenters. The molecule has 168 valence electrons. The summed E-state index contributed by atoms with van der Waals surface area (Å²) in [5.41, 5.74) is 4.56. The predicted octanol–water partition coefficient (Wildman–Crippen LogP) is 3.04. The van der Waals surface area contributed by atoms with Gasteiger partial charge in [0.25, 0.3) is 5.56 Å². The highest BCUT2D eigenvalue weighted by molar-refractivity contribution is 7.77. The second kappa shape index (κ2) is 9.08. The summed E-state index contributed by atoms with van der Waals surface area (Å²) in [4.78, 5) is 19.5. The molecule has 0 radical (unpaired) electrons. The number of hydrogen-bond donors (Lipinski definition) is 3. The Morgan fingerprint density at radius 1 is 0.970 bits per heavy atom. The van der Waals surface area contributed by atoms with Gasteiger partial charge in [0.05, 0.1) is 11.4 Å². The highest BCUT2D eigenvalue weighted by atomic mass is 32.1. The molecule has 1 aliphatic heterocycles. The Bertz CT molecular complexity index is 1280. The Morgan fingerprint density at radius 2 is 1.67 bits per heavy atom. The van der Waals surface area contributed by atoms with Crippen molar-refractivity contribution in [2.24, 2.45) is 0 Å². The van der Waals surface area contributed by atoms with Crippen LogP contribution < -0.4 is 15.8 Å². The van der Waals surface area contributed by atoms with Crippen LogP contribution >= 0.6 is 12.8 Å². The van der Waals surface area contributed by atoms with Gasteiger partial charge in [0.1, 0.15) is 6.33 Å². The average Bonchev–Trinajstić information content (AvgIpc) is 3.36. The third-order valence-electron chi connectivity index (χ3n) is 5.60. The summed E-state index contributed by atoms with van der Waals surface area (Å²) in [5, 5.41) is 14.8. The number of aromatic amines is 1. The lowest BCUT2D eigenvalue weighted by molar-refractivity contribution is 0.434. The summed E-state index contributed by atoms with van der Waals surface area (Å²) in [7, 11) is 0. The average molecular weight is 461 g/mol. The van der Waals surface area contributed by atoms with Gasteiger partial charge >= 0.3 is 0 Å². The molecule has 2 aromatic heterocycles. The van der Waals surface area contributed by atoms with Crippen LogP contribution in [0.25, 0.3) is 17.2 Å². The van der Waals surface area contributed by atoms with Crippen LogP contribution in [-0.2, 0) is 0 Å². The van der Waals surface area contributed by atoms with E-state index in [0.717, 1.165) is 43.1 Å². The van der Waals surface area contributed by atoms with Crippen LogP contribution in [-0.4, -0.2) is 55.4 Å². The number of aryl methyl sites for hydroxylation is 1. The van der Waals surface area contributed by atoms with Gasteiger partial charge in [-0.15, -0.1) is 0 Å². The molecular weight excluding hydrogens is 436 g/mol. The minimum Gasteiger partial charge on any atom is -0.369 e. The summed E-state index contributed by atoms with van der Waals surface area (Å²) in [6, 6.07) is 17.3. The second-order valence-corrected chi connectivity index (χ2v) is 8.49. The van der Waals surface area contributed by atoms with E-state index in [0.29, 0.717) is 22.9 Å². The summed E-state index contributed by atoms with van der Waals surface area (Å²) in [5.74, 6) is 0.402. The number of benzene rings is 2. The zero-order valence-corrected chi connectivity index (χ0v) is 19.0. The van der Waals surface area contributed by atoms with Crippen molar-refractivity contribution in [1.29, 1.82) is 0 Å². The van der Waals surface area contributed by atoms with Crippen molar-refractivity contribution in [1.82, 2.24) is 29.3 Å². The summed E-state index contributed by atoms with van der Waals surface area (Å²) < 4.78 is 3.39. The molecule has 0 spiro atoms. The van der Waals surface area contributed by atoms with Gasteiger partial charge in [0.2, 0.25) is 5.82 Å². The monoisotopic (exact) mass is 460 g/mol. The molecule has 0 bridgehead atoms. The molecule has 1 fully saturated rings. The second-order valence-electron chi connectivity index (χ2n) is 7.93. The number of piperazine rings is 1. The molecule has 33 heavy (non-hydrogen) atoms. The Hall–Kier alpha value is -3.63. The number of hydrogen-bond acceptors (Lipinski definition) is 8. The number of aromatic nitrogens is 5. The van der Waals surface area contributed by atoms with E-state index < -0.39 is 0 Å². The number of H-pyrrole nitrogens is 1. The van der Waals surface area contributed by atoms with Crippen molar-refractivity contribution in [2.75, 3.05) is 36.4 Å². The van der Waals surface area contributed by atoms with E-state index >= 15 is 0 Å². The van der Waals surface area contributed by atoms with Gasteiger partial charge in [0.15, 0.2) is 5.69 Å². The van der Waals surface area contributed by atoms with Crippen LogP contribution in [0, 0.1) is 6.92 Å². The maximum Gasteiger partial charge on any atom is 0.273 e. The summed E-state index contributed by atoms with van der Waals surface area (Å²) in [6.45, 7) is 5.72. The molecule has 5 rings (SSSR count). The van der Waals surface area contributed by atoms with Crippen LogP contribution in [0.15, 0.2) is 65.7 Å². The van der Waals surface area contributed by atoms with Crippen molar-refractivity contribution in [3.05, 3.63) is 76.8 Å². The number of nitrogens with zero attached hydrogens (tertiary/aromatic N) is 6. The van der Waals surface area contributed by atoms with Crippen molar-refractivity contribution in [2.45, 2.75) is 6.92 Å².